The van der Waals surface area contributed by atoms with Crippen LogP contribution in [0, 0.1) is 0 Å². The topological polar surface area (TPSA) is 88.8 Å². The highest BCUT2D eigenvalue weighted by Crippen LogP contribution is 2.28. The van der Waals surface area contributed by atoms with Gasteiger partial charge in [-0.15, -0.1) is 0 Å². The maximum absolute atomic E-state index is 11.6. The Morgan fingerprint density at radius 2 is 1.54 bits per heavy atom. The van der Waals surface area contributed by atoms with Crippen molar-refractivity contribution in [3.63, 3.8) is 0 Å². The lowest BCUT2D eigenvalue weighted by atomic mass is 10.0. The van der Waals surface area contributed by atoms with Gasteiger partial charge in [0.15, 0.2) is 0 Å². The molecule has 2 N–H and O–H groups in total. The molecule has 1 heterocycles. The summed E-state index contributed by atoms with van der Waals surface area (Å²) in [6, 6.07) is 32.3. The molecule has 5 aromatic rings. The first-order valence-electron chi connectivity index (χ1n) is 13.6. The fourth-order valence-corrected chi connectivity index (χ4v) is 4.99. The molecule has 0 unspecified atom stereocenters. The van der Waals surface area contributed by atoms with E-state index < -0.39 is 11.9 Å². The second-order valence-corrected chi connectivity index (χ2v) is 9.91. The van der Waals surface area contributed by atoms with E-state index in [1.165, 1.54) is 5.56 Å². The third kappa shape index (κ3) is 7.11. The third-order valence-electron chi connectivity index (χ3n) is 6.92. The molecule has 1 aromatic heterocycles. The maximum atomic E-state index is 11.6. The molecule has 0 amide bonds. The standard InChI is InChI=1S/C35H31NO5/c37-33(38)13-6-20-36-23-30(22-34(39)40)35-28(10-5-12-32(35)36)17-14-25-15-18-31(19-16-25)41-24-26-7-4-11-29(21-26)27-8-2-1-3-9-27/h1-5,7-12,14-19,21,23H,6,13,20,22,24H2,(H,37,38)(H,39,40)/b17-14+. The number of nitrogens with zero attached hydrogens (tertiary/aromatic N) is 1. The molecule has 41 heavy (non-hydrogen) atoms. The Hall–Kier alpha value is -5.10. The average molecular weight is 546 g/mol. The zero-order valence-electron chi connectivity index (χ0n) is 22.6. The first kappa shape index (κ1) is 27.5. The van der Waals surface area contributed by atoms with Gasteiger partial charge in [-0.05, 0) is 64.1 Å². The highest BCUT2D eigenvalue weighted by Gasteiger charge is 2.14. The molecule has 0 atom stereocenters. The lowest BCUT2D eigenvalue weighted by Crippen LogP contribution is -2.01. The summed E-state index contributed by atoms with van der Waals surface area (Å²) in [6.07, 6.45) is 6.24. The van der Waals surface area contributed by atoms with Gasteiger partial charge >= 0.3 is 11.9 Å². The van der Waals surface area contributed by atoms with Crippen LogP contribution in [0.4, 0.5) is 0 Å². The van der Waals surface area contributed by atoms with Gasteiger partial charge in [0.05, 0.1) is 6.42 Å². The van der Waals surface area contributed by atoms with Crippen LogP contribution in [0.1, 0.15) is 35.1 Å². The van der Waals surface area contributed by atoms with E-state index in [9.17, 15) is 14.7 Å². The number of aryl methyl sites for hydroxylation is 1. The quantitative estimate of drug-likeness (QED) is 0.158. The van der Waals surface area contributed by atoms with Gasteiger partial charge in [0.2, 0.25) is 0 Å². The van der Waals surface area contributed by atoms with E-state index in [1.54, 1.807) is 0 Å². The first-order chi connectivity index (χ1) is 20.0. The molecule has 0 aliphatic heterocycles. The number of hydrogen-bond acceptors (Lipinski definition) is 3. The predicted octanol–water partition coefficient (Wildman–Crippen LogP) is 7.55. The lowest BCUT2D eigenvalue weighted by molar-refractivity contribution is -0.137. The van der Waals surface area contributed by atoms with Crippen LogP contribution in [0.25, 0.3) is 34.2 Å². The fraction of sp³-hybridized carbons (Fsp3) is 0.143. The van der Waals surface area contributed by atoms with Gasteiger partial charge in [0, 0.05) is 30.1 Å². The summed E-state index contributed by atoms with van der Waals surface area (Å²) in [7, 11) is 0. The number of ether oxygens (including phenoxy) is 1. The average Bonchev–Trinajstić information content (AvgIpc) is 3.33. The van der Waals surface area contributed by atoms with Crippen molar-refractivity contribution in [1.82, 2.24) is 4.57 Å². The summed E-state index contributed by atoms with van der Waals surface area (Å²) >= 11 is 0. The molecule has 0 radical (unpaired) electrons. The molecule has 0 fully saturated rings. The number of aromatic nitrogens is 1. The maximum Gasteiger partial charge on any atom is 0.307 e. The Kier molecular flexibility index (Phi) is 8.60. The monoisotopic (exact) mass is 545 g/mol. The van der Waals surface area contributed by atoms with Gasteiger partial charge in [-0.2, -0.15) is 0 Å². The van der Waals surface area contributed by atoms with Crippen molar-refractivity contribution < 1.29 is 24.5 Å². The minimum absolute atomic E-state index is 0.0628. The van der Waals surface area contributed by atoms with E-state index in [-0.39, 0.29) is 12.8 Å². The molecule has 206 valence electrons. The highest BCUT2D eigenvalue weighted by atomic mass is 16.5. The van der Waals surface area contributed by atoms with E-state index in [4.69, 9.17) is 9.84 Å². The molecule has 6 heteroatoms. The Balaban J connectivity index is 1.29. The molecule has 4 aromatic carbocycles. The predicted molar refractivity (Wildman–Crippen MR) is 162 cm³/mol. The molecule has 0 aliphatic carbocycles. The molecule has 0 saturated heterocycles. The van der Waals surface area contributed by atoms with Crippen molar-refractivity contribution in [3.8, 4) is 16.9 Å². The van der Waals surface area contributed by atoms with Crippen LogP contribution in [-0.2, 0) is 29.2 Å². The fourth-order valence-electron chi connectivity index (χ4n) is 4.99. The minimum atomic E-state index is -0.907. The van der Waals surface area contributed by atoms with E-state index in [2.05, 4.69) is 30.3 Å². The summed E-state index contributed by atoms with van der Waals surface area (Å²) in [5, 5.41) is 19.3. The zero-order chi connectivity index (χ0) is 28.6. The molecule has 0 bridgehead atoms. The van der Waals surface area contributed by atoms with Crippen LogP contribution < -0.4 is 4.74 Å². The molecule has 6 nitrogen and oxygen atoms in total. The van der Waals surface area contributed by atoms with Crippen molar-refractivity contribution in [2.75, 3.05) is 0 Å². The van der Waals surface area contributed by atoms with Crippen LogP contribution in [0.3, 0.4) is 0 Å². The largest absolute Gasteiger partial charge is 0.489 e. The van der Waals surface area contributed by atoms with Crippen molar-refractivity contribution in [3.05, 3.63) is 126 Å². The van der Waals surface area contributed by atoms with E-state index in [0.717, 1.165) is 38.9 Å². The number of carbonyl (C=O) groups is 2. The van der Waals surface area contributed by atoms with Crippen molar-refractivity contribution in [1.29, 1.82) is 0 Å². The Labute approximate surface area is 238 Å². The number of carboxylic acids is 2. The number of fused-ring (bicyclic) bond motifs is 1. The third-order valence-corrected chi connectivity index (χ3v) is 6.92. The summed E-state index contributed by atoms with van der Waals surface area (Å²) in [6.45, 7) is 0.973. The number of rotatable bonds is 12. The number of benzene rings is 4. The normalized spacial score (nSPS) is 11.2. The van der Waals surface area contributed by atoms with Crippen LogP contribution in [0.15, 0.2) is 103 Å². The molecule has 0 saturated carbocycles. The van der Waals surface area contributed by atoms with E-state index in [1.807, 2.05) is 89.6 Å². The smallest absolute Gasteiger partial charge is 0.307 e. The highest BCUT2D eigenvalue weighted by molar-refractivity contribution is 5.96. The van der Waals surface area contributed by atoms with Gasteiger partial charge in [-0.25, -0.2) is 0 Å². The van der Waals surface area contributed by atoms with Crippen LogP contribution >= 0.6 is 0 Å². The van der Waals surface area contributed by atoms with Crippen LogP contribution in [0.5, 0.6) is 5.75 Å². The number of hydrogen-bond donors (Lipinski definition) is 2. The molecule has 0 aliphatic rings. The van der Waals surface area contributed by atoms with Gasteiger partial charge in [0.25, 0.3) is 0 Å². The molecule has 0 spiro atoms. The zero-order valence-corrected chi connectivity index (χ0v) is 22.6. The second-order valence-electron chi connectivity index (χ2n) is 9.91. The summed E-state index contributed by atoms with van der Waals surface area (Å²) in [5.74, 6) is -0.975. The second kappa shape index (κ2) is 12.8. The lowest BCUT2D eigenvalue weighted by Gasteiger charge is -2.09. The molecule has 5 rings (SSSR count). The van der Waals surface area contributed by atoms with Gasteiger partial charge in [-0.3, -0.25) is 9.59 Å². The van der Waals surface area contributed by atoms with Crippen molar-refractivity contribution in [2.24, 2.45) is 0 Å². The summed E-state index contributed by atoms with van der Waals surface area (Å²) in [4.78, 5) is 22.5. The number of carboxylic acid groups (broad SMARTS) is 2. The Morgan fingerprint density at radius 1 is 0.780 bits per heavy atom. The van der Waals surface area contributed by atoms with Gasteiger partial charge in [0.1, 0.15) is 12.4 Å². The van der Waals surface area contributed by atoms with E-state index in [0.29, 0.717) is 25.1 Å². The summed E-state index contributed by atoms with van der Waals surface area (Å²) < 4.78 is 8.00. The van der Waals surface area contributed by atoms with Gasteiger partial charge < -0.3 is 19.5 Å². The van der Waals surface area contributed by atoms with Gasteiger partial charge in [-0.1, -0.05) is 84.9 Å². The van der Waals surface area contributed by atoms with Crippen molar-refractivity contribution in [2.45, 2.75) is 32.4 Å². The van der Waals surface area contributed by atoms with Crippen molar-refractivity contribution >= 4 is 35.0 Å². The SMILES string of the molecule is O=C(O)CCCn1cc(CC(=O)O)c2c(/C=C/c3ccc(OCc4cccc(-c5ccccc5)c4)cc3)cccc21. The molecular weight excluding hydrogens is 514 g/mol. The Morgan fingerprint density at radius 3 is 2.29 bits per heavy atom. The minimum Gasteiger partial charge on any atom is -0.489 e. The first-order valence-corrected chi connectivity index (χ1v) is 13.6. The van der Waals surface area contributed by atoms with Crippen LogP contribution in [-0.4, -0.2) is 26.7 Å². The Bertz CT molecular complexity index is 1680. The summed E-state index contributed by atoms with van der Waals surface area (Å²) in [5.41, 5.74) is 6.93. The number of aliphatic carboxylic acids is 2. The van der Waals surface area contributed by atoms with Crippen LogP contribution in [0.2, 0.25) is 0 Å². The van der Waals surface area contributed by atoms with E-state index >= 15 is 0 Å². The molecular formula is C35H31NO5.